The smallest absolute Gasteiger partial charge is 0.325 e. The lowest BCUT2D eigenvalue weighted by Gasteiger charge is -2.08. The summed E-state index contributed by atoms with van der Waals surface area (Å²) in [6.45, 7) is 4.52. The third-order valence-corrected chi connectivity index (χ3v) is 5.96. The van der Waals surface area contributed by atoms with Gasteiger partial charge in [0.2, 0.25) is 5.95 Å². The zero-order valence-electron chi connectivity index (χ0n) is 20.0. The zero-order valence-corrected chi connectivity index (χ0v) is 20.8. The number of methoxy groups -OCH3 is 1. The molecule has 12 heteroatoms. The number of fused-ring (bicyclic) bond motifs is 1. The normalized spacial score (nSPS) is 10.9. The second-order valence-corrected chi connectivity index (χ2v) is 8.93. The molecule has 3 amide bonds. The van der Waals surface area contributed by atoms with Crippen LogP contribution in [0, 0.1) is 13.8 Å². The van der Waals surface area contributed by atoms with Crippen molar-refractivity contribution < 1.29 is 23.8 Å². The summed E-state index contributed by atoms with van der Waals surface area (Å²) in [5.74, 6) is 1.17. The molecule has 4 N–H and O–H groups in total. The van der Waals surface area contributed by atoms with Gasteiger partial charge in [-0.05, 0) is 50.2 Å². The molecule has 36 heavy (non-hydrogen) atoms. The Morgan fingerprint density at radius 2 is 1.75 bits per heavy atom. The van der Waals surface area contributed by atoms with Crippen LogP contribution in [0.1, 0.15) is 10.6 Å². The second kappa shape index (κ2) is 11.6. The third-order valence-electron chi connectivity index (χ3n) is 4.97. The fraction of sp³-hybridized carbons (Fsp3) is 0.250. The highest BCUT2D eigenvalue weighted by atomic mass is 32.1. The number of aromatic amines is 1. The van der Waals surface area contributed by atoms with E-state index in [-0.39, 0.29) is 18.5 Å². The number of carbonyl (C=O) groups excluding carboxylic acids is 2. The molecule has 0 aliphatic rings. The van der Waals surface area contributed by atoms with Crippen LogP contribution in [0.3, 0.4) is 0 Å². The van der Waals surface area contributed by atoms with Crippen molar-refractivity contribution in [2.75, 3.05) is 42.9 Å². The molecule has 0 aliphatic heterocycles. The average Bonchev–Trinajstić information content (AvgIpc) is 3.38. The van der Waals surface area contributed by atoms with Crippen LogP contribution in [0.2, 0.25) is 0 Å². The highest BCUT2D eigenvalue weighted by Crippen LogP contribution is 2.27. The standard InChI is InChI=1S/C24H26N6O5S/c1-14-15(2)36-24(25-14)30-23(32)26-16-4-6-17(7-5-16)35-18-8-9-19-20(12-18)28-22(27-19)29-21(31)13-34-11-10-33-3/h4-9,12H,10-11,13H2,1-3H3,(H2,25,26,30,32)(H2,27,28,29,31). The molecule has 0 saturated heterocycles. The van der Waals surface area contributed by atoms with Gasteiger partial charge in [0.05, 0.1) is 29.9 Å². The molecule has 4 aromatic rings. The van der Waals surface area contributed by atoms with Gasteiger partial charge >= 0.3 is 6.03 Å². The maximum atomic E-state index is 12.2. The Morgan fingerprint density at radius 1 is 0.972 bits per heavy atom. The molecule has 0 unspecified atom stereocenters. The predicted octanol–water partition coefficient (Wildman–Crippen LogP) is 4.67. The summed E-state index contributed by atoms with van der Waals surface area (Å²) in [4.78, 5) is 36.9. The Bertz CT molecular complexity index is 1330. The number of thiazole rings is 1. The van der Waals surface area contributed by atoms with E-state index in [1.54, 1.807) is 49.6 Å². The van der Waals surface area contributed by atoms with E-state index in [9.17, 15) is 9.59 Å². The number of hydrogen-bond acceptors (Lipinski definition) is 8. The number of imidazole rings is 1. The summed E-state index contributed by atoms with van der Waals surface area (Å²) in [6, 6.07) is 12.0. The van der Waals surface area contributed by atoms with Crippen molar-refractivity contribution >= 4 is 51.1 Å². The molecular formula is C24H26N6O5S. The van der Waals surface area contributed by atoms with Gasteiger partial charge in [-0.2, -0.15) is 0 Å². The Balaban J connectivity index is 1.31. The number of benzene rings is 2. The first-order chi connectivity index (χ1) is 17.4. The van der Waals surface area contributed by atoms with Crippen LogP contribution in [0.15, 0.2) is 42.5 Å². The predicted molar refractivity (Wildman–Crippen MR) is 138 cm³/mol. The maximum Gasteiger partial charge on any atom is 0.325 e. The number of carbonyl (C=O) groups is 2. The molecule has 0 spiro atoms. The molecule has 0 fully saturated rings. The molecule has 188 valence electrons. The number of anilines is 3. The molecule has 0 atom stereocenters. The Kier molecular flexibility index (Phi) is 8.10. The van der Waals surface area contributed by atoms with E-state index in [0.29, 0.717) is 52.5 Å². The number of nitrogens with one attached hydrogen (secondary N) is 4. The Morgan fingerprint density at radius 3 is 2.47 bits per heavy atom. The van der Waals surface area contributed by atoms with E-state index in [1.165, 1.54) is 11.3 Å². The first-order valence-electron chi connectivity index (χ1n) is 11.1. The summed E-state index contributed by atoms with van der Waals surface area (Å²) in [5.41, 5.74) is 2.88. The van der Waals surface area contributed by atoms with Crippen LogP contribution in [0.5, 0.6) is 11.5 Å². The fourth-order valence-electron chi connectivity index (χ4n) is 3.11. The van der Waals surface area contributed by atoms with Gasteiger partial charge in [0.1, 0.15) is 18.1 Å². The number of aryl methyl sites for hydroxylation is 2. The first kappa shape index (κ1) is 25.1. The van der Waals surface area contributed by atoms with Crippen molar-refractivity contribution in [1.29, 1.82) is 0 Å². The minimum atomic E-state index is -0.369. The van der Waals surface area contributed by atoms with Crippen LogP contribution in [0.4, 0.5) is 21.6 Å². The number of amides is 3. The van der Waals surface area contributed by atoms with Crippen molar-refractivity contribution in [3.05, 3.63) is 53.0 Å². The highest BCUT2D eigenvalue weighted by molar-refractivity contribution is 7.15. The van der Waals surface area contributed by atoms with Crippen molar-refractivity contribution in [2.45, 2.75) is 13.8 Å². The average molecular weight is 511 g/mol. The zero-order chi connectivity index (χ0) is 25.5. The van der Waals surface area contributed by atoms with E-state index in [4.69, 9.17) is 14.2 Å². The minimum Gasteiger partial charge on any atom is -0.457 e. The first-order valence-corrected chi connectivity index (χ1v) is 11.9. The van der Waals surface area contributed by atoms with Crippen LogP contribution in [0.25, 0.3) is 11.0 Å². The maximum absolute atomic E-state index is 12.2. The van der Waals surface area contributed by atoms with Gasteiger partial charge in [-0.1, -0.05) is 0 Å². The number of ether oxygens (including phenoxy) is 3. The van der Waals surface area contributed by atoms with E-state index >= 15 is 0 Å². The van der Waals surface area contributed by atoms with Gasteiger partial charge in [-0.15, -0.1) is 11.3 Å². The van der Waals surface area contributed by atoms with Crippen molar-refractivity contribution in [3.8, 4) is 11.5 Å². The highest BCUT2D eigenvalue weighted by Gasteiger charge is 2.10. The topological polar surface area (TPSA) is 139 Å². The lowest BCUT2D eigenvalue weighted by Crippen LogP contribution is -2.20. The van der Waals surface area contributed by atoms with Gasteiger partial charge in [0.25, 0.3) is 5.91 Å². The molecular weight excluding hydrogens is 484 g/mol. The summed E-state index contributed by atoms with van der Waals surface area (Å²) in [6.07, 6.45) is 0. The summed E-state index contributed by atoms with van der Waals surface area (Å²) in [7, 11) is 1.57. The lowest BCUT2D eigenvalue weighted by atomic mass is 10.3. The van der Waals surface area contributed by atoms with Gasteiger partial charge in [-0.25, -0.2) is 14.8 Å². The van der Waals surface area contributed by atoms with Crippen LogP contribution < -0.4 is 20.7 Å². The molecule has 4 rings (SSSR count). The molecule has 2 aromatic carbocycles. The Hall–Kier alpha value is -4.00. The van der Waals surface area contributed by atoms with E-state index in [0.717, 1.165) is 10.6 Å². The number of hydrogen-bond donors (Lipinski definition) is 4. The van der Waals surface area contributed by atoms with Crippen LogP contribution in [-0.4, -0.2) is 53.8 Å². The molecule has 11 nitrogen and oxygen atoms in total. The number of H-pyrrole nitrogens is 1. The van der Waals surface area contributed by atoms with Crippen molar-refractivity contribution in [1.82, 2.24) is 15.0 Å². The van der Waals surface area contributed by atoms with E-state index < -0.39 is 0 Å². The molecule has 0 saturated carbocycles. The molecule has 2 heterocycles. The summed E-state index contributed by atoms with van der Waals surface area (Å²) >= 11 is 1.43. The van der Waals surface area contributed by atoms with Crippen molar-refractivity contribution in [2.24, 2.45) is 0 Å². The molecule has 2 aromatic heterocycles. The van der Waals surface area contributed by atoms with Gasteiger partial charge < -0.3 is 24.5 Å². The van der Waals surface area contributed by atoms with Crippen LogP contribution in [-0.2, 0) is 14.3 Å². The number of aromatic nitrogens is 3. The monoisotopic (exact) mass is 510 g/mol. The van der Waals surface area contributed by atoms with E-state index in [1.807, 2.05) is 13.8 Å². The SMILES string of the molecule is COCCOCC(=O)Nc1nc2ccc(Oc3ccc(NC(=O)Nc4nc(C)c(C)s4)cc3)cc2[nH]1. The quantitative estimate of drug-likeness (QED) is 0.227. The van der Waals surface area contributed by atoms with Gasteiger partial charge in [0, 0.05) is 23.7 Å². The molecule has 0 aliphatic carbocycles. The van der Waals surface area contributed by atoms with Crippen molar-refractivity contribution in [3.63, 3.8) is 0 Å². The number of rotatable bonds is 10. The minimum absolute atomic E-state index is 0.0917. The molecule has 0 bridgehead atoms. The summed E-state index contributed by atoms with van der Waals surface area (Å²) in [5, 5.41) is 8.71. The third kappa shape index (κ3) is 6.78. The summed E-state index contributed by atoms with van der Waals surface area (Å²) < 4.78 is 16.0. The number of urea groups is 1. The molecule has 0 radical (unpaired) electrons. The lowest BCUT2D eigenvalue weighted by molar-refractivity contribution is -0.121. The fourth-order valence-corrected chi connectivity index (χ4v) is 3.92. The largest absolute Gasteiger partial charge is 0.457 e. The Labute approximate surface area is 211 Å². The van der Waals surface area contributed by atoms with Gasteiger partial charge in [-0.3, -0.25) is 15.4 Å². The van der Waals surface area contributed by atoms with E-state index in [2.05, 4.69) is 30.9 Å². The second-order valence-electron chi connectivity index (χ2n) is 7.72. The van der Waals surface area contributed by atoms with Gasteiger partial charge in [0.15, 0.2) is 5.13 Å². The number of nitrogens with zero attached hydrogens (tertiary/aromatic N) is 2. The van der Waals surface area contributed by atoms with Crippen LogP contribution >= 0.6 is 11.3 Å².